The molecule has 1 aromatic carbocycles. The summed E-state index contributed by atoms with van der Waals surface area (Å²) >= 11 is 0. The van der Waals surface area contributed by atoms with Crippen LogP contribution in [0.5, 0.6) is 0 Å². The van der Waals surface area contributed by atoms with E-state index in [9.17, 15) is 4.79 Å². The quantitative estimate of drug-likeness (QED) is 0.803. The lowest BCUT2D eigenvalue weighted by atomic mass is 10.2. The Morgan fingerprint density at radius 1 is 1.44 bits per heavy atom. The Hall–Kier alpha value is -1.55. The molecule has 4 nitrogen and oxygen atoms in total. The van der Waals surface area contributed by atoms with Crippen molar-refractivity contribution in [1.29, 1.82) is 0 Å². The zero-order valence-corrected chi connectivity index (χ0v) is 11.4. The average molecular weight is 249 g/mol. The smallest absolute Gasteiger partial charge is 0.239 e. The number of amides is 1. The van der Waals surface area contributed by atoms with Crippen molar-refractivity contribution in [3.05, 3.63) is 29.8 Å². The van der Waals surface area contributed by atoms with Gasteiger partial charge in [0.1, 0.15) is 0 Å². The van der Waals surface area contributed by atoms with Crippen molar-refractivity contribution in [2.75, 3.05) is 18.0 Å². The van der Waals surface area contributed by atoms with E-state index in [1.54, 1.807) is 0 Å². The number of likely N-dealkylation sites (N-methyl/N-ethyl adjacent to an activating group) is 1. The van der Waals surface area contributed by atoms with Crippen LogP contribution in [0.15, 0.2) is 24.3 Å². The molecule has 0 saturated carbocycles. The third kappa shape index (κ3) is 4.37. The van der Waals surface area contributed by atoms with Crippen molar-refractivity contribution < 1.29 is 4.79 Å². The largest absolute Gasteiger partial charge is 0.362 e. The molecule has 1 rings (SSSR count). The normalized spacial score (nSPS) is 10.5. The summed E-state index contributed by atoms with van der Waals surface area (Å²) in [7, 11) is 0. The second-order valence-corrected chi connectivity index (χ2v) is 4.61. The van der Waals surface area contributed by atoms with E-state index in [1.165, 1.54) is 0 Å². The second kappa shape index (κ2) is 7.01. The Labute approximate surface area is 109 Å². The van der Waals surface area contributed by atoms with Crippen molar-refractivity contribution in [3.8, 4) is 0 Å². The highest BCUT2D eigenvalue weighted by molar-refractivity contribution is 5.81. The summed E-state index contributed by atoms with van der Waals surface area (Å²) < 4.78 is 0. The molecule has 18 heavy (non-hydrogen) atoms. The molecule has 0 aliphatic carbocycles. The molecule has 0 bridgehead atoms. The SMILES string of the molecule is CCN(CC(=O)NC(C)C)c1cccc(CN)c1. The maximum absolute atomic E-state index is 11.8. The molecule has 0 heterocycles. The maximum Gasteiger partial charge on any atom is 0.239 e. The Balaban J connectivity index is 2.73. The van der Waals surface area contributed by atoms with Gasteiger partial charge in [-0.3, -0.25) is 4.79 Å². The van der Waals surface area contributed by atoms with E-state index in [0.29, 0.717) is 13.1 Å². The molecular weight excluding hydrogens is 226 g/mol. The van der Waals surface area contributed by atoms with Gasteiger partial charge < -0.3 is 16.0 Å². The van der Waals surface area contributed by atoms with E-state index in [4.69, 9.17) is 5.73 Å². The number of nitrogens with one attached hydrogen (secondary N) is 1. The van der Waals surface area contributed by atoms with Gasteiger partial charge in [0.15, 0.2) is 0 Å². The van der Waals surface area contributed by atoms with Gasteiger partial charge in [-0.25, -0.2) is 0 Å². The Bertz CT molecular complexity index is 390. The Morgan fingerprint density at radius 2 is 2.17 bits per heavy atom. The summed E-state index contributed by atoms with van der Waals surface area (Å²) in [5, 5.41) is 2.90. The first kappa shape index (κ1) is 14.5. The standard InChI is InChI=1S/C14H23N3O/c1-4-17(10-14(18)16-11(2)3)13-7-5-6-12(8-13)9-15/h5-8,11H,4,9-10,15H2,1-3H3,(H,16,18). The summed E-state index contributed by atoms with van der Waals surface area (Å²) in [6.45, 7) is 7.65. The van der Waals surface area contributed by atoms with Crippen LogP contribution >= 0.6 is 0 Å². The zero-order chi connectivity index (χ0) is 13.5. The van der Waals surface area contributed by atoms with Gasteiger partial charge in [0.2, 0.25) is 5.91 Å². The average Bonchev–Trinajstić information content (AvgIpc) is 2.35. The molecule has 0 aliphatic heterocycles. The molecular formula is C14H23N3O. The molecule has 0 aromatic heterocycles. The predicted octanol–water partition coefficient (Wildman–Crippen LogP) is 1.50. The highest BCUT2D eigenvalue weighted by Gasteiger charge is 2.10. The number of benzene rings is 1. The van der Waals surface area contributed by atoms with Crippen molar-refractivity contribution in [3.63, 3.8) is 0 Å². The van der Waals surface area contributed by atoms with E-state index < -0.39 is 0 Å². The molecule has 0 atom stereocenters. The number of hydrogen-bond donors (Lipinski definition) is 2. The summed E-state index contributed by atoms with van der Waals surface area (Å²) in [6.07, 6.45) is 0. The van der Waals surface area contributed by atoms with Crippen LogP contribution in [-0.2, 0) is 11.3 Å². The number of nitrogens with two attached hydrogens (primary N) is 1. The van der Waals surface area contributed by atoms with Crippen LogP contribution in [0.4, 0.5) is 5.69 Å². The van der Waals surface area contributed by atoms with Gasteiger partial charge >= 0.3 is 0 Å². The molecule has 0 radical (unpaired) electrons. The predicted molar refractivity (Wildman–Crippen MR) is 75.5 cm³/mol. The molecule has 4 heteroatoms. The molecule has 1 aromatic rings. The molecule has 1 amide bonds. The van der Waals surface area contributed by atoms with Crippen molar-refractivity contribution >= 4 is 11.6 Å². The van der Waals surface area contributed by atoms with Gasteiger partial charge in [-0.1, -0.05) is 12.1 Å². The van der Waals surface area contributed by atoms with E-state index in [1.807, 2.05) is 49.9 Å². The molecule has 0 fully saturated rings. The van der Waals surface area contributed by atoms with Crippen molar-refractivity contribution in [2.45, 2.75) is 33.4 Å². The molecule has 3 N–H and O–H groups in total. The number of carbonyl (C=O) groups is 1. The van der Waals surface area contributed by atoms with Crippen molar-refractivity contribution in [1.82, 2.24) is 5.32 Å². The lowest BCUT2D eigenvalue weighted by molar-refractivity contribution is -0.120. The summed E-state index contributed by atoms with van der Waals surface area (Å²) in [5.74, 6) is 0.0463. The molecule has 0 saturated heterocycles. The van der Waals surface area contributed by atoms with Gasteiger partial charge in [0.25, 0.3) is 0 Å². The van der Waals surface area contributed by atoms with Gasteiger partial charge in [0.05, 0.1) is 6.54 Å². The number of carbonyl (C=O) groups excluding carboxylic acids is 1. The topological polar surface area (TPSA) is 58.4 Å². The first-order chi connectivity index (χ1) is 8.56. The van der Waals surface area contributed by atoms with Crippen LogP contribution in [0.3, 0.4) is 0 Å². The van der Waals surface area contributed by atoms with Crippen molar-refractivity contribution in [2.24, 2.45) is 5.73 Å². The van der Waals surface area contributed by atoms with Gasteiger partial charge in [0, 0.05) is 24.8 Å². The van der Waals surface area contributed by atoms with Crippen LogP contribution in [0.1, 0.15) is 26.3 Å². The third-order valence-electron chi connectivity index (χ3n) is 2.68. The van der Waals surface area contributed by atoms with Crippen LogP contribution in [0, 0.1) is 0 Å². The lowest BCUT2D eigenvalue weighted by Crippen LogP contribution is -2.40. The van der Waals surface area contributed by atoms with E-state index >= 15 is 0 Å². The van der Waals surface area contributed by atoms with Gasteiger partial charge in [-0.05, 0) is 38.5 Å². The van der Waals surface area contributed by atoms with Crippen LogP contribution in [0.25, 0.3) is 0 Å². The molecule has 0 aliphatic rings. The highest BCUT2D eigenvalue weighted by Crippen LogP contribution is 2.15. The van der Waals surface area contributed by atoms with Crippen LogP contribution in [0.2, 0.25) is 0 Å². The zero-order valence-electron chi connectivity index (χ0n) is 11.4. The minimum atomic E-state index is 0.0463. The fourth-order valence-corrected chi connectivity index (χ4v) is 1.81. The monoisotopic (exact) mass is 249 g/mol. The minimum Gasteiger partial charge on any atom is -0.362 e. The molecule has 100 valence electrons. The van der Waals surface area contributed by atoms with Gasteiger partial charge in [-0.15, -0.1) is 0 Å². The maximum atomic E-state index is 11.8. The second-order valence-electron chi connectivity index (χ2n) is 4.61. The van der Waals surface area contributed by atoms with E-state index in [0.717, 1.165) is 17.8 Å². The van der Waals surface area contributed by atoms with Gasteiger partial charge in [-0.2, -0.15) is 0 Å². The number of hydrogen-bond acceptors (Lipinski definition) is 3. The Kier molecular flexibility index (Phi) is 5.65. The van der Waals surface area contributed by atoms with E-state index in [2.05, 4.69) is 5.32 Å². The summed E-state index contributed by atoms with van der Waals surface area (Å²) in [6, 6.07) is 8.18. The highest BCUT2D eigenvalue weighted by atomic mass is 16.2. The first-order valence-corrected chi connectivity index (χ1v) is 6.40. The van der Waals surface area contributed by atoms with Crippen LogP contribution in [-0.4, -0.2) is 25.0 Å². The van der Waals surface area contributed by atoms with Crippen LogP contribution < -0.4 is 16.0 Å². The number of anilines is 1. The number of rotatable bonds is 6. The fourth-order valence-electron chi connectivity index (χ4n) is 1.81. The fraction of sp³-hybridized carbons (Fsp3) is 0.500. The lowest BCUT2D eigenvalue weighted by Gasteiger charge is -2.23. The molecule has 0 unspecified atom stereocenters. The number of nitrogens with zero attached hydrogens (tertiary/aromatic N) is 1. The molecule has 0 spiro atoms. The first-order valence-electron chi connectivity index (χ1n) is 6.40. The van der Waals surface area contributed by atoms with E-state index in [-0.39, 0.29) is 11.9 Å². The third-order valence-corrected chi connectivity index (χ3v) is 2.68. The summed E-state index contributed by atoms with van der Waals surface area (Å²) in [5.41, 5.74) is 7.75. The Morgan fingerprint density at radius 3 is 2.72 bits per heavy atom. The summed E-state index contributed by atoms with van der Waals surface area (Å²) in [4.78, 5) is 13.8. The minimum absolute atomic E-state index is 0.0463.